The summed E-state index contributed by atoms with van der Waals surface area (Å²) in [5.74, 6) is -1.55. The third kappa shape index (κ3) is 4.21. The minimum Gasteiger partial charge on any atom is -0.413 e. The molecule has 0 N–H and O–H groups in total. The minimum absolute atomic E-state index is 0.156. The van der Waals surface area contributed by atoms with Crippen molar-refractivity contribution >= 4 is 18.4 Å². The Kier molecular flexibility index (Phi) is 5.41. The standard InChI is InChI=1S/C16H27F3O6SSi/c1-13(2,3)27(6,7)22-10-15-11(23-14(4,5)25-15)8-9-12(15)24-26(20,21)16(17,18)19/h9,11H,8,10H2,1-7H3/t11-,15-/m1/s1. The van der Waals surface area contributed by atoms with Crippen LogP contribution in [0, 0.1) is 0 Å². The van der Waals surface area contributed by atoms with Gasteiger partial charge in [0, 0.05) is 0 Å². The smallest absolute Gasteiger partial charge is 0.413 e. The summed E-state index contributed by atoms with van der Waals surface area (Å²) in [7, 11) is -8.12. The Balaban J connectivity index is 2.35. The van der Waals surface area contributed by atoms with Crippen LogP contribution in [0.1, 0.15) is 41.0 Å². The van der Waals surface area contributed by atoms with E-state index in [0.717, 1.165) is 0 Å². The molecule has 0 spiro atoms. The molecule has 0 aromatic heterocycles. The lowest BCUT2D eigenvalue weighted by Crippen LogP contribution is -2.51. The number of alkyl halides is 3. The van der Waals surface area contributed by atoms with Gasteiger partial charge in [-0.1, -0.05) is 20.8 Å². The summed E-state index contributed by atoms with van der Waals surface area (Å²) < 4.78 is 83.8. The van der Waals surface area contributed by atoms with E-state index in [1.807, 2.05) is 33.9 Å². The minimum atomic E-state index is -5.83. The van der Waals surface area contributed by atoms with Crippen molar-refractivity contribution < 1.29 is 39.7 Å². The average molecular weight is 433 g/mol. The normalized spacial score (nSPS) is 28.8. The Morgan fingerprint density at radius 2 is 1.81 bits per heavy atom. The van der Waals surface area contributed by atoms with Crippen LogP contribution in [0.15, 0.2) is 11.8 Å². The van der Waals surface area contributed by atoms with E-state index in [-0.39, 0.29) is 18.1 Å². The van der Waals surface area contributed by atoms with Crippen molar-refractivity contribution in [2.24, 2.45) is 0 Å². The fraction of sp³-hybridized carbons (Fsp3) is 0.875. The van der Waals surface area contributed by atoms with Crippen LogP contribution < -0.4 is 0 Å². The fourth-order valence-electron chi connectivity index (χ4n) is 2.77. The monoisotopic (exact) mass is 432 g/mol. The second-order valence-corrected chi connectivity index (χ2v) is 15.2. The van der Waals surface area contributed by atoms with Crippen molar-refractivity contribution in [3.8, 4) is 0 Å². The third-order valence-electron chi connectivity index (χ3n) is 5.25. The van der Waals surface area contributed by atoms with Crippen LogP contribution in [0.4, 0.5) is 13.2 Å². The number of rotatable bonds is 5. The molecule has 0 unspecified atom stereocenters. The number of halogens is 3. The van der Waals surface area contributed by atoms with E-state index in [9.17, 15) is 21.6 Å². The van der Waals surface area contributed by atoms with Gasteiger partial charge in [0.1, 0.15) is 6.10 Å². The third-order valence-corrected chi connectivity index (χ3v) is 10.7. The maximum atomic E-state index is 12.8. The van der Waals surface area contributed by atoms with Crippen LogP contribution in [-0.2, 0) is 28.2 Å². The highest BCUT2D eigenvalue weighted by Gasteiger charge is 2.62. The molecule has 6 nitrogen and oxygen atoms in total. The Morgan fingerprint density at radius 3 is 2.30 bits per heavy atom. The predicted octanol–water partition coefficient (Wildman–Crippen LogP) is 4.05. The van der Waals surface area contributed by atoms with Crippen LogP contribution in [0.5, 0.6) is 0 Å². The summed E-state index contributed by atoms with van der Waals surface area (Å²) in [5.41, 5.74) is -7.08. The molecular weight excluding hydrogens is 405 g/mol. The highest BCUT2D eigenvalue weighted by atomic mass is 32.2. The van der Waals surface area contributed by atoms with Gasteiger partial charge in [-0.2, -0.15) is 21.6 Å². The molecular formula is C16H27F3O6SSi. The molecule has 0 amide bonds. The molecule has 0 bridgehead atoms. The van der Waals surface area contributed by atoms with Crippen LogP contribution in [-0.4, -0.2) is 46.3 Å². The van der Waals surface area contributed by atoms with Crippen molar-refractivity contribution in [3.63, 3.8) is 0 Å². The van der Waals surface area contributed by atoms with E-state index < -0.39 is 47.2 Å². The Bertz CT molecular complexity index is 723. The second-order valence-electron chi connectivity index (χ2n) is 8.83. The summed E-state index contributed by atoms with van der Waals surface area (Å²) in [6.07, 6.45) is 0.723. The first kappa shape index (κ1) is 22.7. The first-order valence-corrected chi connectivity index (χ1v) is 12.9. The van der Waals surface area contributed by atoms with E-state index >= 15 is 0 Å². The summed E-state index contributed by atoms with van der Waals surface area (Å²) >= 11 is 0. The van der Waals surface area contributed by atoms with E-state index in [1.54, 1.807) is 13.8 Å². The van der Waals surface area contributed by atoms with E-state index in [1.165, 1.54) is 6.08 Å². The number of hydrogen-bond acceptors (Lipinski definition) is 6. The topological polar surface area (TPSA) is 71.1 Å². The fourth-order valence-corrected chi connectivity index (χ4v) is 4.32. The molecule has 27 heavy (non-hydrogen) atoms. The van der Waals surface area contributed by atoms with Gasteiger partial charge in [0.2, 0.25) is 0 Å². The molecule has 0 aromatic rings. The lowest BCUT2D eigenvalue weighted by Gasteiger charge is -2.40. The molecule has 158 valence electrons. The van der Waals surface area contributed by atoms with Crippen LogP contribution in [0.25, 0.3) is 0 Å². The molecule has 2 rings (SSSR count). The lowest BCUT2D eigenvalue weighted by molar-refractivity contribution is -0.167. The molecule has 2 atom stereocenters. The molecule has 0 saturated carbocycles. The predicted molar refractivity (Wildman–Crippen MR) is 94.7 cm³/mol. The summed E-state index contributed by atoms with van der Waals surface area (Å²) in [6, 6.07) is 0. The summed E-state index contributed by atoms with van der Waals surface area (Å²) in [6.45, 7) is 13.1. The van der Waals surface area contributed by atoms with Gasteiger partial charge in [0.15, 0.2) is 25.5 Å². The Labute approximate surface area is 159 Å². The van der Waals surface area contributed by atoms with Gasteiger partial charge in [-0.15, -0.1) is 0 Å². The molecule has 0 radical (unpaired) electrons. The van der Waals surface area contributed by atoms with Crippen molar-refractivity contribution in [2.75, 3.05) is 6.61 Å². The average Bonchev–Trinajstić information content (AvgIpc) is 2.86. The summed E-state index contributed by atoms with van der Waals surface area (Å²) in [5, 5.41) is -0.157. The van der Waals surface area contributed by atoms with Gasteiger partial charge in [0.25, 0.3) is 0 Å². The quantitative estimate of drug-likeness (QED) is 0.371. The maximum absolute atomic E-state index is 12.8. The molecule has 1 saturated heterocycles. The van der Waals surface area contributed by atoms with Crippen molar-refractivity contribution in [1.29, 1.82) is 0 Å². The van der Waals surface area contributed by atoms with Gasteiger partial charge in [-0.3, -0.25) is 0 Å². The Hall–Kier alpha value is -0.623. The van der Waals surface area contributed by atoms with Crippen LogP contribution >= 0.6 is 0 Å². The second kappa shape index (κ2) is 6.44. The maximum Gasteiger partial charge on any atom is 0.534 e. The van der Waals surface area contributed by atoms with Gasteiger partial charge in [-0.05, 0) is 44.5 Å². The SMILES string of the molecule is CC1(C)O[C@@H]2CC=C(OS(=O)(=O)C(F)(F)F)[C@]2(CO[Si](C)(C)C(C)(C)C)O1. The zero-order valence-electron chi connectivity index (χ0n) is 16.6. The highest BCUT2D eigenvalue weighted by Crippen LogP contribution is 2.49. The zero-order valence-corrected chi connectivity index (χ0v) is 18.4. The molecule has 0 aromatic carbocycles. The molecule has 1 aliphatic carbocycles. The van der Waals surface area contributed by atoms with Gasteiger partial charge in [-0.25, -0.2) is 0 Å². The first-order chi connectivity index (χ1) is 11.8. The summed E-state index contributed by atoms with van der Waals surface area (Å²) in [4.78, 5) is 0. The van der Waals surface area contributed by atoms with Crippen molar-refractivity contribution in [1.82, 2.24) is 0 Å². The highest BCUT2D eigenvalue weighted by molar-refractivity contribution is 7.87. The Morgan fingerprint density at radius 1 is 1.26 bits per heavy atom. The van der Waals surface area contributed by atoms with E-state index in [0.29, 0.717) is 0 Å². The molecule has 11 heteroatoms. The van der Waals surface area contributed by atoms with Gasteiger partial charge >= 0.3 is 15.6 Å². The molecule has 2 aliphatic rings. The van der Waals surface area contributed by atoms with Gasteiger partial charge in [0.05, 0.1) is 6.61 Å². The molecule has 1 heterocycles. The number of fused-ring (bicyclic) bond motifs is 1. The van der Waals surface area contributed by atoms with Crippen molar-refractivity contribution in [2.45, 2.75) is 82.2 Å². The van der Waals surface area contributed by atoms with Crippen LogP contribution in [0.3, 0.4) is 0 Å². The largest absolute Gasteiger partial charge is 0.534 e. The van der Waals surface area contributed by atoms with Crippen molar-refractivity contribution in [3.05, 3.63) is 11.8 Å². The van der Waals surface area contributed by atoms with Gasteiger partial charge < -0.3 is 18.1 Å². The number of hydrogen-bond donors (Lipinski definition) is 0. The van der Waals surface area contributed by atoms with Crippen LogP contribution in [0.2, 0.25) is 18.1 Å². The molecule has 1 aliphatic heterocycles. The first-order valence-electron chi connectivity index (χ1n) is 8.56. The zero-order chi connectivity index (χ0) is 21.1. The lowest BCUT2D eigenvalue weighted by atomic mass is 10.0. The van der Waals surface area contributed by atoms with E-state index in [4.69, 9.17) is 13.9 Å². The van der Waals surface area contributed by atoms with E-state index in [2.05, 4.69) is 4.18 Å². The molecule has 1 fully saturated rings. The number of ether oxygens (including phenoxy) is 2.